The van der Waals surface area contributed by atoms with Gasteiger partial charge in [-0.2, -0.15) is 0 Å². The van der Waals surface area contributed by atoms with Crippen LogP contribution >= 0.6 is 0 Å². The van der Waals surface area contributed by atoms with Crippen molar-refractivity contribution in [1.82, 2.24) is 0 Å². The Labute approximate surface area is 144 Å². The van der Waals surface area contributed by atoms with Gasteiger partial charge in [-0.25, -0.2) is 0 Å². The highest BCUT2D eigenvalue weighted by atomic mass is 16.5. The van der Waals surface area contributed by atoms with Crippen LogP contribution in [0.3, 0.4) is 0 Å². The van der Waals surface area contributed by atoms with Crippen molar-refractivity contribution in [3.05, 3.63) is 71.9 Å². The smallest absolute Gasteiger partial charge is 0.187 e. The van der Waals surface area contributed by atoms with Crippen molar-refractivity contribution in [2.75, 3.05) is 11.9 Å². The van der Waals surface area contributed by atoms with Crippen molar-refractivity contribution in [2.24, 2.45) is 0 Å². The minimum Gasteiger partial charge on any atom is -0.494 e. The number of nitrogens with one attached hydrogen (secondary N) is 1. The van der Waals surface area contributed by atoms with Crippen LogP contribution in [0, 0.1) is 0 Å². The van der Waals surface area contributed by atoms with Gasteiger partial charge in [0.1, 0.15) is 5.75 Å². The maximum Gasteiger partial charge on any atom is 0.187 e. The van der Waals surface area contributed by atoms with E-state index in [9.17, 15) is 4.79 Å². The van der Waals surface area contributed by atoms with Gasteiger partial charge in [0, 0.05) is 23.5 Å². The van der Waals surface area contributed by atoms with E-state index < -0.39 is 0 Å². The topological polar surface area (TPSA) is 38.3 Å². The highest BCUT2D eigenvalue weighted by Crippen LogP contribution is 2.14. The molecule has 0 saturated carbocycles. The molecule has 0 saturated heterocycles. The first kappa shape index (κ1) is 17.8. The second-order valence-electron chi connectivity index (χ2n) is 5.62. The molecule has 0 aromatic heterocycles. The Morgan fingerprint density at radius 2 is 1.92 bits per heavy atom. The summed E-state index contributed by atoms with van der Waals surface area (Å²) in [5.74, 6) is 0.771. The molecule has 0 spiro atoms. The van der Waals surface area contributed by atoms with Crippen molar-refractivity contribution >= 4 is 11.5 Å². The molecule has 0 unspecified atom stereocenters. The molecular weight excluding hydrogens is 298 g/mol. The Bertz CT molecular complexity index is 674. The second-order valence-corrected chi connectivity index (χ2v) is 5.62. The first-order valence-electron chi connectivity index (χ1n) is 8.52. The van der Waals surface area contributed by atoms with Crippen LogP contribution in [-0.4, -0.2) is 12.4 Å². The summed E-state index contributed by atoms with van der Waals surface area (Å²) in [6, 6.07) is 15.4. The molecule has 1 N–H and O–H groups in total. The van der Waals surface area contributed by atoms with Crippen molar-refractivity contribution in [3.8, 4) is 5.75 Å². The number of anilines is 1. The number of aryl methyl sites for hydroxylation is 1. The molecule has 0 atom stereocenters. The van der Waals surface area contributed by atoms with Crippen LogP contribution in [0.5, 0.6) is 5.75 Å². The zero-order valence-electron chi connectivity index (χ0n) is 14.4. The van der Waals surface area contributed by atoms with E-state index >= 15 is 0 Å². The number of ether oxygens (including phenoxy) is 1. The van der Waals surface area contributed by atoms with Gasteiger partial charge in [-0.15, -0.1) is 0 Å². The molecule has 0 aliphatic heterocycles. The monoisotopic (exact) mass is 323 g/mol. The third kappa shape index (κ3) is 5.58. The number of hydrogen-bond donors (Lipinski definition) is 1. The van der Waals surface area contributed by atoms with Gasteiger partial charge in [0.05, 0.1) is 6.61 Å². The van der Waals surface area contributed by atoms with E-state index in [4.69, 9.17) is 4.74 Å². The summed E-state index contributed by atoms with van der Waals surface area (Å²) in [6.45, 7) is 4.96. The SMILES string of the molecule is CCCCOc1ccc(C(=O)/C=C/Nc2cccc(CC)c2)cc1. The molecule has 2 aromatic carbocycles. The van der Waals surface area contributed by atoms with Crippen LogP contribution in [0.2, 0.25) is 0 Å². The number of allylic oxidation sites excluding steroid dienone is 1. The molecule has 3 nitrogen and oxygen atoms in total. The zero-order chi connectivity index (χ0) is 17.2. The summed E-state index contributed by atoms with van der Waals surface area (Å²) < 4.78 is 5.60. The van der Waals surface area contributed by atoms with Gasteiger partial charge in [-0.3, -0.25) is 4.79 Å². The largest absolute Gasteiger partial charge is 0.494 e. The van der Waals surface area contributed by atoms with Gasteiger partial charge in [0.25, 0.3) is 0 Å². The van der Waals surface area contributed by atoms with Crippen molar-refractivity contribution in [2.45, 2.75) is 33.1 Å². The average Bonchev–Trinajstić information content (AvgIpc) is 2.62. The predicted octanol–water partition coefficient (Wildman–Crippen LogP) is 5.24. The quantitative estimate of drug-likeness (QED) is 0.390. The van der Waals surface area contributed by atoms with Crippen LogP contribution in [0.1, 0.15) is 42.6 Å². The molecule has 0 bridgehead atoms. The van der Waals surface area contributed by atoms with E-state index in [0.29, 0.717) is 12.2 Å². The average molecular weight is 323 g/mol. The molecular formula is C21H25NO2. The van der Waals surface area contributed by atoms with Crippen molar-refractivity contribution in [1.29, 1.82) is 0 Å². The van der Waals surface area contributed by atoms with Gasteiger partial charge >= 0.3 is 0 Å². The molecule has 126 valence electrons. The van der Waals surface area contributed by atoms with Gasteiger partial charge in [0.2, 0.25) is 0 Å². The van der Waals surface area contributed by atoms with E-state index in [0.717, 1.165) is 30.7 Å². The fraction of sp³-hybridized carbons (Fsp3) is 0.286. The number of carbonyl (C=O) groups is 1. The summed E-state index contributed by atoms with van der Waals surface area (Å²) in [7, 11) is 0. The Kier molecular flexibility index (Phi) is 7.09. The zero-order valence-corrected chi connectivity index (χ0v) is 14.4. The molecule has 2 aromatic rings. The Hall–Kier alpha value is -2.55. The first-order chi connectivity index (χ1) is 11.7. The van der Waals surface area contributed by atoms with Gasteiger partial charge in [-0.1, -0.05) is 32.4 Å². The maximum absolute atomic E-state index is 12.2. The number of benzene rings is 2. The van der Waals surface area contributed by atoms with E-state index in [1.165, 1.54) is 5.56 Å². The lowest BCUT2D eigenvalue weighted by molar-refractivity contribution is 0.104. The summed E-state index contributed by atoms with van der Waals surface area (Å²) in [5.41, 5.74) is 2.90. The number of hydrogen-bond acceptors (Lipinski definition) is 3. The molecule has 0 radical (unpaired) electrons. The third-order valence-corrected chi connectivity index (χ3v) is 3.73. The van der Waals surface area contributed by atoms with Gasteiger partial charge in [-0.05, 0) is 54.8 Å². The fourth-order valence-electron chi connectivity index (χ4n) is 2.24. The standard InChI is InChI=1S/C21H25NO2/c1-3-5-15-24-20-11-9-18(10-12-20)21(23)13-14-22-19-8-6-7-17(4-2)16-19/h6-14,16,22H,3-5,15H2,1-2H3/b14-13+. The van der Waals surface area contributed by atoms with Crippen LogP contribution in [0.15, 0.2) is 60.8 Å². The highest BCUT2D eigenvalue weighted by Gasteiger charge is 2.02. The minimum atomic E-state index is -0.0331. The van der Waals surface area contributed by atoms with E-state index in [1.54, 1.807) is 24.4 Å². The lowest BCUT2D eigenvalue weighted by atomic mass is 10.1. The number of rotatable bonds is 9. The number of carbonyl (C=O) groups excluding carboxylic acids is 1. The second kappa shape index (κ2) is 9.56. The predicted molar refractivity (Wildman–Crippen MR) is 99.8 cm³/mol. The fourth-order valence-corrected chi connectivity index (χ4v) is 2.24. The maximum atomic E-state index is 12.2. The summed E-state index contributed by atoms with van der Waals surface area (Å²) in [4.78, 5) is 12.2. The Morgan fingerprint density at radius 3 is 2.62 bits per heavy atom. The number of ketones is 1. The molecule has 0 amide bonds. The molecule has 0 aliphatic carbocycles. The minimum absolute atomic E-state index is 0.0331. The first-order valence-corrected chi connectivity index (χ1v) is 8.52. The van der Waals surface area contributed by atoms with Crippen LogP contribution in [0.25, 0.3) is 0 Å². The lowest BCUT2D eigenvalue weighted by Crippen LogP contribution is -1.99. The van der Waals surface area contributed by atoms with Crippen molar-refractivity contribution in [3.63, 3.8) is 0 Å². The summed E-state index contributed by atoms with van der Waals surface area (Å²) >= 11 is 0. The van der Waals surface area contributed by atoms with Crippen LogP contribution in [-0.2, 0) is 6.42 Å². The molecule has 24 heavy (non-hydrogen) atoms. The lowest BCUT2D eigenvalue weighted by Gasteiger charge is -2.05. The van der Waals surface area contributed by atoms with E-state index in [2.05, 4.69) is 31.3 Å². The van der Waals surface area contributed by atoms with E-state index in [1.807, 2.05) is 24.3 Å². The number of unbranched alkanes of at least 4 members (excludes halogenated alkanes) is 1. The van der Waals surface area contributed by atoms with Crippen molar-refractivity contribution < 1.29 is 9.53 Å². The molecule has 0 aliphatic rings. The highest BCUT2D eigenvalue weighted by molar-refractivity contribution is 6.04. The summed E-state index contributed by atoms with van der Waals surface area (Å²) in [5, 5.41) is 3.14. The molecule has 3 heteroatoms. The summed E-state index contributed by atoms with van der Waals surface area (Å²) in [6.07, 6.45) is 6.36. The van der Waals surface area contributed by atoms with E-state index in [-0.39, 0.29) is 5.78 Å². The Morgan fingerprint density at radius 1 is 1.12 bits per heavy atom. The normalized spacial score (nSPS) is 10.8. The third-order valence-electron chi connectivity index (χ3n) is 3.73. The van der Waals surface area contributed by atoms with Gasteiger partial charge < -0.3 is 10.1 Å². The Balaban J connectivity index is 1.89. The van der Waals surface area contributed by atoms with Gasteiger partial charge in [0.15, 0.2) is 5.78 Å². The van der Waals surface area contributed by atoms with Crippen LogP contribution < -0.4 is 10.1 Å². The molecule has 0 heterocycles. The molecule has 2 rings (SSSR count). The molecule has 0 fully saturated rings. The van der Waals surface area contributed by atoms with Crippen LogP contribution in [0.4, 0.5) is 5.69 Å².